The SMILES string of the molecule is CCCCNC(=NCCCOCCc1ccccc1)NCC. The van der Waals surface area contributed by atoms with Crippen LogP contribution in [-0.4, -0.2) is 38.8 Å². The van der Waals surface area contributed by atoms with E-state index in [4.69, 9.17) is 4.74 Å². The van der Waals surface area contributed by atoms with Crippen molar-refractivity contribution >= 4 is 5.96 Å². The zero-order valence-electron chi connectivity index (χ0n) is 14.1. The van der Waals surface area contributed by atoms with Gasteiger partial charge in [0, 0.05) is 26.2 Å². The van der Waals surface area contributed by atoms with Gasteiger partial charge in [0.05, 0.1) is 6.61 Å². The molecule has 22 heavy (non-hydrogen) atoms. The Hall–Kier alpha value is -1.55. The summed E-state index contributed by atoms with van der Waals surface area (Å²) in [7, 11) is 0. The lowest BCUT2D eigenvalue weighted by Crippen LogP contribution is -2.37. The van der Waals surface area contributed by atoms with Crippen molar-refractivity contribution in [1.82, 2.24) is 10.6 Å². The summed E-state index contributed by atoms with van der Waals surface area (Å²) in [5.41, 5.74) is 1.33. The summed E-state index contributed by atoms with van der Waals surface area (Å²) < 4.78 is 5.67. The van der Waals surface area contributed by atoms with E-state index in [1.165, 1.54) is 18.4 Å². The Morgan fingerprint density at radius 2 is 1.86 bits per heavy atom. The highest BCUT2D eigenvalue weighted by molar-refractivity contribution is 5.79. The molecular weight excluding hydrogens is 274 g/mol. The molecule has 0 aromatic heterocycles. The van der Waals surface area contributed by atoms with E-state index in [2.05, 4.69) is 53.7 Å². The van der Waals surface area contributed by atoms with E-state index >= 15 is 0 Å². The van der Waals surface area contributed by atoms with Crippen LogP contribution >= 0.6 is 0 Å². The van der Waals surface area contributed by atoms with E-state index in [0.29, 0.717) is 0 Å². The maximum absolute atomic E-state index is 5.67. The van der Waals surface area contributed by atoms with Crippen LogP contribution in [0.1, 0.15) is 38.7 Å². The van der Waals surface area contributed by atoms with E-state index in [9.17, 15) is 0 Å². The number of guanidine groups is 1. The predicted molar refractivity (Wildman–Crippen MR) is 94.5 cm³/mol. The number of hydrogen-bond acceptors (Lipinski definition) is 2. The number of nitrogens with zero attached hydrogens (tertiary/aromatic N) is 1. The highest BCUT2D eigenvalue weighted by Gasteiger charge is 1.96. The summed E-state index contributed by atoms with van der Waals surface area (Å²) in [5.74, 6) is 0.917. The molecule has 0 radical (unpaired) electrons. The van der Waals surface area contributed by atoms with Crippen LogP contribution in [0.5, 0.6) is 0 Å². The van der Waals surface area contributed by atoms with E-state index < -0.39 is 0 Å². The molecule has 0 aliphatic heterocycles. The maximum Gasteiger partial charge on any atom is 0.191 e. The summed E-state index contributed by atoms with van der Waals surface area (Å²) in [6, 6.07) is 10.4. The molecule has 124 valence electrons. The van der Waals surface area contributed by atoms with Gasteiger partial charge in [-0.1, -0.05) is 43.7 Å². The van der Waals surface area contributed by atoms with Gasteiger partial charge >= 0.3 is 0 Å². The van der Waals surface area contributed by atoms with Crippen LogP contribution in [0.15, 0.2) is 35.3 Å². The van der Waals surface area contributed by atoms with Crippen molar-refractivity contribution in [3.63, 3.8) is 0 Å². The van der Waals surface area contributed by atoms with E-state index in [-0.39, 0.29) is 0 Å². The zero-order chi connectivity index (χ0) is 15.9. The van der Waals surface area contributed by atoms with Crippen molar-refractivity contribution in [2.24, 2.45) is 4.99 Å². The van der Waals surface area contributed by atoms with Crippen LogP contribution in [0.2, 0.25) is 0 Å². The molecule has 0 spiro atoms. The first-order valence-electron chi connectivity index (χ1n) is 8.50. The minimum atomic E-state index is 0.769. The van der Waals surface area contributed by atoms with Gasteiger partial charge in [0.2, 0.25) is 0 Å². The standard InChI is InChI=1S/C18H31N3O/c1-3-5-13-20-18(19-4-2)21-14-9-15-22-16-12-17-10-7-6-8-11-17/h6-8,10-11H,3-5,9,12-16H2,1-2H3,(H2,19,20,21). The molecule has 0 aliphatic carbocycles. The van der Waals surface area contributed by atoms with E-state index in [1.54, 1.807) is 0 Å². The Balaban J connectivity index is 2.07. The predicted octanol–water partition coefficient (Wildman–Crippen LogP) is 2.99. The summed E-state index contributed by atoms with van der Waals surface area (Å²) in [6.07, 6.45) is 4.30. The molecule has 0 unspecified atom stereocenters. The fourth-order valence-electron chi connectivity index (χ4n) is 2.02. The summed E-state index contributed by atoms with van der Waals surface area (Å²) >= 11 is 0. The molecule has 0 bridgehead atoms. The fraction of sp³-hybridized carbons (Fsp3) is 0.611. The average Bonchev–Trinajstić information content (AvgIpc) is 2.55. The highest BCUT2D eigenvalue weighted by atomic mass is 16.5. The van der Waals surface area contributed by atoms with Crippen molar-refractivity contribution < 1.29 is 4.74 Å². The maximum atomic E-state index is 5.67. The molecule has 1 aromatic rings. The number of unbranched alkanes of at least 4 members (excludes halogenated alkanes) is 1. The Morgan fingerprint density at radius 3 is 2.59 bits per heavy atom. The van der Waals surface area contributed by atoms with Crippen LogP contribution < -0.4 is 10.6 Å². The van der Waals surface area contributed by atoms with Crippen LogP contribution in [-0.2, 0) is 11.2 Å². The number of rotatable bonds is 11. The smallest absolute Gasteiger partial charge is 0.191 e. The van der Waals surface area contributed by atoms with Gasteiger partial charge in [0.1, 0.15) is 0 Å². The molecule has 4 heteroatoms. The molecule has 0 aliphatic rings. The summed E-state index contributed by atoms with van der Waals surface area (Å²) in [5, 5.41) is 6.61. The lowest BCUT2D eigenvalue weighted by molar-refractivity contribution is 0.136. The third-order valence-electron chi connectivity index (χ3n) is 3.26. The third kappa shape index (κ3) is 9.40. The van der Waals surface area contributed by atoms with Crippen molar-refractivity contribution in [2.75, 3.05) is 32.8 Å². The first-order valence-corrected chi connectivity index (χ1v) is 8.50. The van der Waals surface area contributed by atoms with Crippen molar-refractivity contribution in [3.05, 3.63) is 35.9 Å². The third-order valence-corrected chi connectivity index (χ3v) is 3.26. The molecule has 0 heterocycles. The molecule has 4 nitrogen and oxygen atoms in total. The van der Waals surface area contributed by atoms with Crippen molar-refractivity contribution in [1.29, 1.82) is 0 Å². The average molecular weight is 305 g/mol. The largest absolute Gasteiger partial charge is 0.381 e. The number of hydrogen-bond donors (Lipinski definition) is 2. The van der Waals surface area contributed by atoms with E-state index in [1.807, 2.05) is 6.07 Å². The Kier molecular flexibility index (Phi) is 11.0. The second-order valence-electron chi connectivity index (χ2n) is 5.24. The van der Waals surface area contributed by atoms with Gasteiger partial charge in [-0.3, -0.25) is 4.99 Å². The summed E-state index contributed by atoms with van der Waals surface area (Å²) in [6.45, 7) is 8.50. The quantitative estimate of drug-likeness (QED) is 0.375. The van der Waals surface area contributed by atoms with Gasteiger partial charge in [0.15, 0.2) is 5.96 Å². The fourth-order valence-corrected chi connectivity index (χ4v) is 2.02. The summed E-state index contributed by atoms with van der Waals surface area (Å²) in [4.78, 5) is 4.56. The number of ether oxygens (including phenoxy) is 1. The first kappa shape index (κ1) is 18.5. The molecule has 0 fully saturated rings. The van der Waals surface area contributed by atoms with Crippen LogP contribution in [0.25, 0.3) is 0 Å². The van der Waals surface area contributed by atoms with Gasteiger partial charge in [-0.05, 0) is 31.7 Å². The second kappa shape index (κ2) is 13.1. The normalized spacial score (nSPS) is 11.5. The van der Waals surface area contributed by atoms with Gasteiger partial charge < -0.3 is 15.4 Å². The number of aliphatic imine (C=N–C) groups is 1. The van der Waals surface area contributed by atoms with E-state index in [0.717, 1.165) is 51.6 Å². The molecule has 1 aromatic carbocycles. The molecule has 0 amide bonds. The van der Waals surface area contributed by atoms with Gasteiger partial charge in [-0.15, -0.1) is 0 Å². The lowest BCUT2D eigenvalue weighted by Gasteiger charge is -2.10. The second-order valence-corrected chi connectivity index (χ2v) is 5.24. The monoisotopic (exact) mass is 305 g/mol. The minimum absolute atomic E-state index is 0.769. The molecular formula is C18H31N3O. The zero-order valence-corrected chi connectivity index (χ0v) is 14.1. The Labute approximate surface area is 135 Å². The molecule has 0 saturated heterocycles. The topological polar surface area (TPSA) is 45.7 Å². The number of benzene rings is 1. The van der Waals surface area contributed by atoms with Gasteiger partial charge in [0.25, 0.3) is 0 Å². The Morgan fingerprint density at radius 1 is 1.05 bits per heavy atom. The number of nitrogens with one attached hydrogen (secondary N) is 2. The highest BCUT2D eigenvalue weighted by Crippen LogP contribution is 1.99. The Bertz CT molecular complexity index is 393. The van der Waals surface area contributed by atoms with Gasteiger partial charge in [-0.2, -0.15) is 0 Å². The molecule has 0 atom stereocenters. The van der Waals surface area contributed by atoms with Crippen LogP contribution in [0.4, 0.5) is 0 Å². The minimum Gasteiger partial charge on any atom is -0.381 e. The molecule has 1 rings (SSSR count). The van der Waals surface area contributed by atoms with Gasteiger partial charge in [-0.25, -0.2) is 0 Å². The van der Waals surface area contributed by atoms with Crippen molar-refractivity contribution in [2.45, 2.75) is 39.5 Å². The molecule has 0 saturated carbocycles. The lowest BCUT2D eigenvalue weighted by atomic mass is 10.2. The van der Waals surface area contributed by atoms with Crippen molar-refractivity contribution in [3.8, 4) is 0 Å². The molecule has 2 N–H and O–H groups in total. The van der Waals surface area contributed by atoms with Crippen LogP contribution in [0, 0.1) is 0 Å². The van der Waals surface area contributed by atoms with Crippen LogP contribution in [0.3, 0.4) is 0 Å². The first-order chi connectivity index (χ1) is 10.9.